The molecule has 2 unspecified atom stereocenters. The highest BCUT2D eigenvalue weighted by Crippen LogP contribution is 2.25. The van der Waals surface area contributed by atoms with E-state index in [0.717, 1.165) is 4.90 Å². The first-order valence-electron chi connectivity index (χ1n) is 10.4. The number of urea groups is 1. The number of aliphatic hydroxyl groups excluding tert-OH is 1. The van der Waals surface area contributed by atoms with Gasteiger partial charge in [0.25, 0.3) is 5.91 Å². The van der Waals surface area contributed by atoms with Gasteiger partial charge >= 0.3 is 12.0 Å². The predicted octanol–water partition coefficient (Wildman–Crippen LogP) is -0.217. The van der Waals surface area contributed by atoms with Gasteiger partial charge in [0, 0.05) is 14.1 Å². The number of carbonyl (C=O) groups is 2. The van der Waals surface area contributed by atoms with Crippen molar-refractivity contribution in [2.24, 2.45) is 10.1 Å². The number of nitrogens with one attached hydrogen (secondary N) is 1. The third-order valence-electron chi connectivity index (χ3n) is 5.14. The van der Waals surface area contributed by atoms with E-state index < -0.39 is 24.1 Å². The van der Waals surface area contributed by atoms with Gasteiger partial charge in [-0.05, 0) is 37.6 Å². The van der Waals surface area contributed by atoms with Crippen molar-refractivity contribution in [2.75, 3.05) is 34.4 Å². The van der Waals surface area contributed by atoms with Crippen LogP contribution in [0.15, 0.2) is 28.3 Å². The van der Waals surface area contributed by atoms with Crippen molar-refractivity contribution in [2.45, 2.75) is 32.1 Å². The summed E-state index contributed by atoms with van der Waals surface area (Å²) in [7, 11) is 4.37. The smallest absolute Gasteiger partial charge is 0.414 e. The number of amidine groups is 1. The van der Waals surface area contributed by atoms with Gasteiger partial charge in [0.15, 0.2) is 11.5 Å². The molecule has 2 aliphatic rings. The molecule has 12 nitrogen and oxygen atoms in total. The minimum atomic E-state index is -0.912. The van der Waals surface area contributed by atoms with Crippen LogP contribution in [-0.2, 0) is 9.53 Å². The molecule has 0 aliphatic carbocycles. The number of guanidine groups is 1. The monoisotopic (exact) mass is 461 g/mol. The summed E-state index contributed by atoms with van der Waals surface area (Å²) in [4.78, 5) is 32.0. The number of imide groups is 1. The van der Waals surface area contributed by atoms with Crippen molar-refractivity contribution in [1.29, 1.82) is 0 Å². The first-order chi connectivity index (χ1) is 15.6. The number of β-amino-alcohol motifs (C(OH)–C–C–N with tert-alkyl or cyclic N) is 1. The summed E-state index contributed by atoms with van der Waals surface area (Å²) in [5, 5.41) is 24.4. The van der Waals surface area contributed by atoms with Crippen LogP contribution in [0.25, 0.3) is 0 Å². The second-order valence-corrected chi connectivity index (χ2v) is 7.92. The molecule has 2 aliphatic heterocycles. The van der Waals surface area contributed by atoms with Crippen molar-refractivity contribution in [3.05, 3.63) is 23.8 Å². The van der Waals surface area contributed by atoms with Crippen molar-refractivity contribution in [3.8, 4) is 11.5 Å². The first-order valence-corrected chi connectivity index (χ1v) is 10.4. The second kappa shape index (κ2) is 9.96. The maximum atomic E-state index is 12.9. The van der Waals surface area contributed by atoms with Gasteiger partial charge < -0.3 is 19.7 Å². The molecule has 1 saturated heterocycles. The Morgan fingerprint density at radius 2 is 2.03 bits per heavy atom. The molecule has 1 fully saturated rings. The van der Waals surface area contributed by atoms with E-state index in [4.69, 9.17) is 9.47 Å². The summed E-state index contributed by atoms with van der Waals surface area (Å²) in [6.07, 6.45) is 0.506. The molecule has 3 N–H and O–H groups in total. The van der Waals surface area contributed by atoms with Gasteiger partial charge in [0.2, 0.25) is 11.9 Å². The summed E-state index contributed by atoms with van der Waals surface area (Å²) in [6.45, 7) is 3.81. The SMILES string of the molecule is COc1cc(/C=N/NC2=[N+](CC(O)COC(C)C)C3C(=O)N(C)C(=O)N(C)C3=N2)ccc1O. The number of carbonyl (C=O) groups excluding carboxylic acids is 2. The fourth-order valence-electron chi connectivity index (χ4n) is 3.40. The van der Waals surface area contributed by atoms with E-state index in [9.17, 15) is 19.8 Å². The normalized spacial score (nSPS) is 19.5. The molecule has 1 aromatic rings. The average molecular weight is 461 g/mol. The molecular weight excluding hydrogens is 432 g/mol. The fraction of sp³-hybridized carbons (Fsp3) is 0.476. The van der Waals surface area contributed by atoms with Crippen molar-refractivity contribution >= 4 is 29.9 Å². The quantitative estimate of drug-likeness (QED) is 0.276. The largest absolute Gasteiger partial charge is 0.504 e. The topological polar surface area (TPSA) is 139 Å². The Labute approximate surface area is 191 Å². The van der Waals surface area contributed by atoms with Gasteiger partial charge in [0.1, 0.15) is 6.10 Å². The van der Waals surface area contributed by atoms with Gasteiger partial charge in [-0.2, -0.15) is 5.43 Å². The minimum Gasteiger partial charge on any atom is -0.504 e. The van der Waals surface area contributed by atoms with Crippen LogP contribution in [0.3, 0.4) is 0 Å². The van der Waals surface area contributed by atoms with Crippen LogP contribution in [0, 0.1) is 0 Å². The van der Waals surface area contributed by atoms with E-state index in [1.54, 1.807) is 16.7 Å². The predicted molar refractivity (Wildman–Crippen MR) is 120 cm³/mol. The third-order valence-corrected chi connectivity index (χ3v) is 5.14. The van der Waals surface area contributed by atoms with Gasteiger partial charge in [-0.1, -0.05) is 4.99 Å². The van der Waals surface area contributed by atoms with E-state index in [2.05, 4.69) is 15.5 Å². The molecule has 0 aromatic heterocycles. The number of amides is 3. The number of hydrazone groups is 1. The van der Waals surface area contributed by atoms with Gasteiger partial charge in [-0.3, -0.25) is 14.6 Å². The van der Waals surface area contributed by atoms with Crippen LogP contribution >= 0.6 is 0 Å². The van der Waals surface area contributed by atoms with Crippen LogP contribution in [0.1, 0.15) is 19.4 Å². The molecule has 2 heterocycles. The molecule has 3 rings (SSSR count). The van der Waals surface area contributed by atoms with Gasteiger partial charge in [-0.25, -0.2) is 9.37 Å². The van der Waals surface area contributed by atoms with Crippen LogP contribution in [-0.4, -0.2) is 107 Å². The number of phenolic OH excluding ortho intramolecular Hbond substituents is 1. The highest BCUT2D eigenvalue weighted by atomic mass is 16.5. The summed E-state index contributed by atoms with van der Waals surface area (Å²) >= 11 is 0. The Kier molecular flexibility index (Phi) is 7.29. The second-order valence-electron chi connectivity index (χ2n) is 7.92. The zero-order valence-corrected chi connectivity index (χ0v) is 19.2. The number of rotatable bonds is 8. The number of ether oxygens (including phenoxy) is 2. The van der Waals surface area contributed by atoms with Crippen molar-refractivity contribution in [3.63, 3.8) is 0 Å². The maximum absolute atomic E-state index is 12.9. The average Bonchev–Trinajstić information content (AvgIpc) is 3.14. The molecule has 3 amide bonds. The van der Waals surface area contributed by atoms with E-state index in [1.165, 1.54) is 38.4 Å². The summed E-state index contributed by atoms with van der Waals surface area (Å²) in [5.74, 6) is 0.274. The van der Waals surface area contributed by atoms with Crippen LogP contribution < -0.4 is 10.2 Å². The van der Waals surface area contributed by atoms with Gasteiger partial charge in [-0.15, -0.1) is 5.10 Å². The number of nitrogens with zero attached hydrogens (tertiary/aromatic N) is 5. The lowest BCUT2D eigenvalue weighted by molar-refractivity contribution is -0.546. The number of likely N-dealkylation sites (N-methyl/N-ethyl adjacent to an activating group) is 2. The van der Waals surface area contributed by atoms with Crippen molar-refractivity contribution in [1.82, 2.24) is 15.2 Å². The molecular formula is C21H29N6O6+. The molecule has 1 aromatic carbocycles. The molecule has 0 radical (unpaired) electrons. The Morgan fingerprint density at radius 1 is 1.30 bits per heavy atom. The first kappa shape index (κ1) is 24.1. The van der Waals surface area contributed by atoms with E-state index in [-0.39, 0.29) is 36.8 Å². The van der Waals surface area contributed by atoms with Crippen molar-refractivity contribution < 1.29 is 33.9 Å². The number of aliphatic hydroxyl groups is 1. The Hall–Kier alpha value is -3.51. The number of hydrogen-bond acceptors (Lipinski definition) is 9. The van der Waals surface area contributed by atoms with Crippen LogP contribution in [0.5, 0.6) is 11.5 Å². The van der Waals surface area contributed by atoms with E-state index >= 15 is 0 Å². The number of fused-ring (bicyclic) bond motifs is 1. The fourth-order valence-corrected chi connectivity index (χ4v) is 3.40. The molecule has 178 valence electrons. The lowest BCUT2D eigenvalue weighted by atomic mass is 10.1. The molecule has 0 saturated carbocycles. The van der Waals surface area contributed by atoms with E-state index in [1.807, 2.05) is 13.8 Å². The lowest BCUT2D eigenvalue weighted by Gasteiger charge is -2.32. The van der Waals surface area contributed by atoms with Crippen LogP contribution in [0.2, 0.25) is 0 Å². The lowest BCUT2D eigenvalue weighted by Crippen LogP contribution is -2.62. The van der Waals surface area contributed by atoms with Crippen LogP contribution in [0.4, 0.5) is 4.79 Å². The Balaban J connectivity index is 1.88. The maximum Gasteiger partial charge on any atom is 0.414 e. The minimum absolute atomic E-state index is 0.00219. The highest BCUT2D eigenvalue weighted by molar-refractivity contribution is 6.22. The zero-order valence-electron chi connectivity index (χ0n) is 19.2. The molecule has 0 bridgehead atoms. The molecule has 33 heavy (non-hydrogen) atoms. The highest BCUT2D eigenvalue weighted by Gasteiger charge is 2.51. The Morgan fingerprint density at radius 3 is 2.70 bits per heavy atom. The number of benzene rings is 1. The zero-order chi connectivity index (χ0) is 24.3. The number of aliphatic imine (C=N–C) groups is 1. The summed E-state index contributed by atoms with van der Waals surface area (Å²) in [6, 6.07) is 3.33. The molecule has 12 heteroatoms. The third kappa shape index (κ3) is 5.12. The van der Waals surface area contributed by atoms with Gasteiger partial charge in [0.05, 0.1) is 32.6 Å². The Bertz CT molecular complexity index is 1020. The number of methoxy groups -OCH3 is 1. The standard InChI is InChI=1S/C21H28N6O6/c1-12(2)33-11-14(28)10-27-17-18(25(3)21(31)26(4)19(17)30)23-20(27)24-22-9-13-6-7-15(29)16(8-13)32-5/h6-9,12,14,17,28H,10-11H2,1-5H3,(H,22,29)/p+1. The molecule has 2 atom stereocenters. The summed E-state index contributed by atoms with van der Waals surface area (Å²) < 4.78 is 12.1. The number of aromatic hydroxyl groups is 1. The molecule has 0 spiro atoms. The van der Waals surface area contributed by atoms with E-state index in [0.29, 0.717) is 11.3 Å². The number of phenols is 1. The number of hydrogen-bond donors (Lipinski definition) is 3. The summed E-state index contributed by atoms with van der Waals surface area (Å²) in [5.41, 5.74) is 3.43.